The zero-order valence-electron chi connectivity index (χ0n) is 14.0. The molecule has 0 aromatic heterocycles. The van der Waals surface area contributed by atoms with E-state index in [4.69, 9.17) is 17.3 Å². The minimum Gasteiger partial charge on any atom is -0.344 e. The van der Waals surface area contributed by atoms with Crippen LogP contribution in [-0.2, 0) is 9.59 Å². The number of halogens is 1. The number of unbranched alkanes of at least 4 members (excludes halogenated alkanes) is 3. The van der Waals surface area contributed by atoms with Gasteiger partial charge in [0.1, 0.15) is 6.04 Å². The highest BCUT2D eigenvalue weighted by atomic mass is 35.5. The SMILES string of the molecule is NCCCCCCC(=O)NC1CCCN(c2ccccc2Cl)C1=O. The Balaban J connectivity index is 1.86. The number of piperidine rings is 1. The van der Waals surface area contributed by atoms with Crippen LogP contribution in [0.1, 0.15) is 44.9 Å². The number of carbonyl (C=O) groups is 2. The molecule has 1 atom stereocenters. The number of rotatable bonds is 8. The molecule has 0 bridgehead atoms. The van der Waals surface area contributed by atoms with Gasteiger partial charge in [-0.25, -0.2) is 0 Å². The van der Waals surface area contributed by atoms with Crippen LogP contribution < -0.4 is 16.0 Å². The smallest absolute Gasteiger partial charge is 0.249 e. The van der Waals surface area contributed by atoms with E-state index < -0.39 is 6.04 Å². The van der Waals surface area contributed by atoms with Gasteiger partial charge in [-0.1, -0.05) is 36.6 Å². The normalized spacial score (nSPS) is 17.8. The largest absolute Gasteiger partial charge is 0.344 e. The number of para-hydroxylation sites is 1. The van der Waals surface area contributed by atoms with Crippen LogP contribution in [0.25, 0.3) is 0 Å². The van der Waals surface area contributed by atoms with Crippen LogP contribution in [0.15, 0.2) is 24.3 Å². The van der Waals surface area contributed by atoms with E-state index in [1.54, 1.807) is 11.0 Å². The van der Waals surface area contributed by atoms with E-state index in [1.807, 2.05) is 18.2 Å². The first-order valence-corrected chi connectivity index (χ1v) is 9.06. The summed E-state index contributed by atoms with van der Waals surface area (Å²) in [6.45, 7) is 1.33. The van der Waals surface area contributed by atoms with E-state index in [0.717, 1.165) is 32.1 Å². The lowest BCUT2D eigenvalue weighted by Gasteiger charge is -2.33. The molecular formula is C18H26ClN3O2. The monoisotopic (exact) mass is 351 g/mol. The van der Waals surface area contributed by atoms with Crippen LogP contribution >= 0.6 is 11.6 Å². The number of anilines is 1. The van der Waals surface area contributed by atoms with E-state index in [1.165, 1.54) is 0 Å². The average molecular weight is 352 g/mol. The van der Waals surface area contributed by atoms with Gasteiger partial charge in [0.05, 0.1) is 10.7 Å². The quantitative estimate of drug-likeness (QED) is 0.707. The van der Waals surface area contributed by atoms with Crippen molar-refractivity contribution in [2.24, 2.45) is 5.73 Å². The Kier molecular flexibility index (Phi) is 7.53. The highest BCUT2D eigenvalue weighted by molar-refractivity contribution is 6.33. The highest BCUT2D eigenvalue weighted by Crippen LogP contribution is 2.28. The summed E-state index contributed by atoms with van der Waals surface area (Å²) in [6, 6.07) is 6.85. The summed E-state index contributed by atoms with van der Waals surface area (Å²) in [5.41, 5.74) is 6.16. The molecule has 24 heavy (non-hydrogen) atoms. The number of benzene rings is 1. The van der Waals surface area contributed by atoms with Crippen molar-refractivity contribution in [2.75, 3.05) is 18.0 Å². The number of carbonyl (C=O) groups excluding carboxylic acids is 2. The number of hydrogen-bond donors (Lipinski definition) is 2. The number of nitrogens with two attached hydrogens (primary N) is 1. The first kappa shape index (κ1) is 18.7. The molecule has 2 rings (SSSR count). The predicted octanol–water partition coefficient (Wildman–Crippen LogP) is 2.86. The summed E-state index contributed by atoms with van der Waals surface area (Å²) in [5.74, 6) is -0.132. The maximum atomic E-state index is 12.7. The molecule has 0 saturated carbocycles. The molecule has 0 aliphatic carbocycles. The summed E-state index contributed by atoms with van der Waals surface area (Å²) < 4.78 is 0. The highest BCUT2D eigenvalue weighted by Gasteiger charge is 2.31. The van der Waals surface area contributed by atoms with Gasteiger partial charge in [0.2, 0.25) is 11.8 Å². The first-order chi connectivity index (χ1) is 11.6. The molecule has 1 heterocycles. The Morgan fingerprint density at radius 1 is 1.25 bits per heavy atom. The summed E-state index contributed by atoms with van der Waals surface area (Å²) in [6.07, 6.45) is 5.86. The van der Waals surface area contributed by atoms with Crippen molar-refractivity contribution in [1.82, 2.24) is 5.32 Å². The van der Waals surface area contributed by atoms with Gasteiger partial charge in [0.15, 0.2) is 0 Å². The maximum Gasteiger partial charge on any atom is 0.249 e. The summed E-state index contributed by atoms with van der Waals surface area (Å²) >= 11 is 6.20. The predicted molar refractivity (Wildman–Crippen MR) is 97.1 cm³/mol. The zero-order valence-corrected chi connectivity index (χ0v) is 14.7. The Morgan fingerprint density at radius 2 is 2.00 bits per heavy atom. The van der Waals surface area contributed by atoms with E-state index in [0.29, 0.717) is 36.6 Å². The molecule has 1 aliphatic heterocycles. The van der Waals surface area contributed by atoms with Crippen LogP contribution in [0.5, 0.6) is 0 Å². The second-order valence-corrected chi connectivity index (χ2v) is 6.56. The van der Waals surface area contributed by atoms with E-state index in [9.17, 15) is 9.59 Å². The van der Waals surface area contributed by atoms with Crippen LogP contribution in [0.4, 0.5) is 5.69 Å². The van der Waals surface area contributed by atoms with Gasteiger partial charge in [-0.05, 0) is 44.4 Å². The fourth-order valence-corrected chi connectivity index (χ4v) is 3.21. The fraction of sp³-hybridized carbons (Fsp3) is 0.556. The molecule has 0 spiro atoms. The van der Waals surface area contributed by atoms with Gasteiger partial charge < -0.3 is 16.0 Å². The average Bonchev–Trinajstić information content (AvgIpc) is 2.57. The van der Waals surface area contributed by atoms with Crippen LogP contribution in [0.2, 0.25) is 5.02 Å². The van der Waals surface area contributed by atoms with Crippen LogP contribution in [0, 0.1) is 0 Å². The van der Waals surface area contributed by atoms with Gasteiger partial charge in [-0.3, -0.25) is 9.59 Å². The molecule has 1 aliphatic rings. The molecule has 6 heteroatoms. The third kappa shape index (κ3) is 5.21. The molecule has 1 aromatic carbocycles. The second-order valence-electron chi connectivity index (χ2n) is 6.16. The van der Waals surface area contributed by atoms with Crippen LogP contribution in [-0.4, -0.2) is 30.9 Å². The van der Waals surface area contributed by atoms with Crippen LogP contribution in [0.3, 0.4) is 0 Å². The molecule has 132 valence electrons. The molecule has 0 radical (unpaired) electrons. The number of hydrogen-bond acceptors (Lipinski definition) is 3. The number of nitrogens with zero attached hydrogens (tertiary/aromatic N) is 1. The lowest BCUT2D eigenvalue weighted by molar-refractivity contribution is -0.128. The molecule has 1 unspecified atom stereocenters. The molecular weight excluding hydrogens is 326 g/mol. The lowest BCUT2D eigenvalue weighted by atomic mass is 10.0. The van der Waals surface area contributed by atoms with Gasteiger partial charge in [-0.15, -0.1) is 0 Å². The third-order valence-electron chi connectivity index (χ3n) is 4.28. The molecule has 2 amide bonds. The molecule has 1 fully saturated rings. The Labute approximate surface area is 148 Å². The first-order valence-electron chi connectivity index (χ1n) is 8.69. The molecule has 5 nitrogen and oxygen atoms in total. The second kappa shape index (κ2) is 9.64. The molecule has 3 N–H and O–H groups in total. The van der Waals surface area contributed by atoms with E-state index >= 15 is 0 Å². The maximum absolute atomic E-state index is 12.7. The minimum atomic E-state index is -0.452. The Morgan fingerprint density at radius 3 is 2.75 bits per heavy atom. The fourth-order valence-electron chi connectivity index (χ4n) is 2.97. The van der Waals surface area contributed by atoms with E-state index in [2.05, 4.69) is 5.32 Å². The standard InChI is InChI=1S/C18H26ClN3O2/c19-14-8-4-5-10-16(14)22-13-7-9-15(18(22)24)21-17(23)11-3-1-2-6-12-20/h4-5,8,10,15H,1-3,6-7,9,11-13,20H2,(H,21,23). The molecule has 1 saturated heterocycles. The van der Waals surface area contributed by atoms with Gasteiger partial charge in [0.25, 0.3) is 0 Å². The van der Waals surface area contributed by atoms with Crippen molar-refractivity contribution < 1.29 is 9.59 Å². The number of nitrogens with one attached hydrogen (secondary N) is 1. The van der Waals surface area contributed by atoms with E-state index in [-0.39, 0.29) is 11.8 Å². The van der Waals surface area contributed by atoms with Crippen molar-refractivity contribution in [2.45, 2.75) is 51.0 Å². The zero-order chi connectivity index (χ0) is 17.4. The number of amides is 2. The van der Waals surface area contributed by atoms with Crippen molar-refractivity contribution in [3.05, 3.63) is 29.3 Å². The van der Waals surface area contributed by atoms with Gasteiger partial charge >= 0.3 is 0 Å². The van der Waals surface area contributed by atoms with Crippen molar-refractivity contribution in [3.63, 3.8) is 0 Å². The summed E-state index contributed by atoms with van der Waals surface area (Å²) in [4.78, 5) is 26.4. The summed E-state index contributed by atoms with van der Waals surface area (Å²) in [7, 11) is 0. The lowest BCUT2D eigenvalue weighted by Crippen LogP contribution is -2.52. The topological polar surface area (TPSA) is 75.4 Å². The van der Waals surface area contributed by atoms with Crippen molar-refractivity contribution >= 4 is 29.1 Å². The van der Waals surface area contributed by atoms with Crippen molar-refractivity contribution in [1.29, 1.82) is 0 Å². The Hall–Kier alpha value is -1.59. The summed E-state index contributed by atoms with van der Waals surface area (Å²) in [5, 5.41) is 3.43. The third-order valence-corrected chi connectivity index (χ3v) is 4.59. The Bertz CT molecular complexity index is 565. The van der Waals surface area contributed by atoms with Gasteiger partial charge in [-0.2, -0.15) is 0 Å². The minimum absolute atomic E-state index is 0.0536. The van der Waals surface area contributed by atoms with Gasteiger partial charge in [0, 0.05) is 13.0 Å². The van der Waals surface area contributed by atoms with Crippen molar-refractivity contribution in [3.8, 4) is 0 Å². The molecule has 1 aromatic rings.